The van der Waals surface area contributed by atoms with E-state index in [4.69, 9.17) is 11.6 Å². The largest absolute Gasteiger partial charge is 0.416 e. The van der Waals surface area contributed by atoms with E-state index in [1.165, 1.54) is 47.3 Å². The van der Waals surface area contributed by atoms with Crippen LogP contribution in [-0.2, 0) is 19.6 Å². The fraction of sp³-hybridized carbons (Fsp3) is 0.192. The third-order valence-electron chi connectivity index (χ3n) is 6.31. The van der Waals surface area contributed by atoms with Crippen LogP contribution in [0.3, 0.4) is 0 Å². The molecule has 3 heterocycles. The molecule has 0 bridgehead atoms. The highest BCUT2D eigenvalue weighted by atomic mass is 35.5. The van der Waals surface area contributed by atoms with E-state index in [-0.39, 0.29) is 34.5 Å². The number of carbonyl (C=O) groups is 3. The number of alkyl halides is 3. The first-order valence-electron chi connectivity index (χ1n) is 11.6. The number of fused-ring (bicyclic) bond motifs is 1. The van der Waals surface area contributed by atoms with Gasteiger partial charge in [0.25, 0.3) is 17.7 Å². The molecule has 0 saturated carbocycles. The van der Waals surface area contributed by atoms with E-state index in [1.807, 2.05) is 0 Å². The lowest BCUT2D eigenvalue weighted by molar-refractivity contribution is -0.138. The number of hydrogen-bond acceptors (Lipinski definition) is 6. The van der Waals surface area contributed by atoms with Gasteiger partial charge in [0.2, 0.25) is 0 Å². The van der Waals surface area contributed by atoms with E-state index in [9.17, 15) is 27.6 Å². The van der Waals surface area contributed by atoms with Crippen LogP contribution in [-0.4, -0.2) is 50.2 Å². The zero-order valence-corrected chi connectivity index (χ0v) is 21.8. The summed E-state index contributed by atoms with van der Waals surface area (Å²) in [6, 6.07) is 11.7. The molecule has 0 spiro atoms. The number of amides is 3. The molecule has 8 nitrogen and oxygen atoms in total. The predicted octanol–water partition coefficient (Wildman–Crippen LogP) is 4.85. The van der Waals surface area contributed by atoms with E-state index < -0.39 is 35.5 Å². The molecule has 1 atom stereocenters. The molecule has 0 unspecified atom stereocenters. The Bertz CT molecular complexity index is 1560. The number of hydrogen-bond donors (Lipinski definition) is 1. The lowest BCUT2D eigenvalue weighted by atomic mass is 9.99. The molecule has 0 aliphatic carbocycles. The zero-order chi connectivity index (χ0) is 27.9. The van der Waals surface area contributed by atoms with Gasteiger partial charge in [-0.1, -0.05) is 47.1 Å². The summed E-state index contributed by atoms with van der Waals surface area (Å²) in [5.74, 6) is -1.78. The first-order valence-corrected chi connectivity index (χ1v) is 12.8. The number of imide groups is 1. The number of halogens is 4. The molecule has 2 aromatic heterocycles. The molecule has 39 heavy (non-hydrogen) atoms. The summed E-state index contributed by atoms with van der Waals surface area (Å²) in [7, 11) is 1.66. The van der Waals surface area contributed by atoms with Crippen LogP contribution >= 0.6 is 22.9 Å². The fourth-order valence-electron chi connectivity index (χ4n) is 4.47. The summed E-state index contributed by atoms with van der Waals surface area (Å²) in [6.07, 6.45) is -3.44. The van der Waals surface area contributed by atoms with Gasteiger partial charge in [0.05, 0.1) is 39.5 Å². The Balaban J connectivity index is 1.45. The molecule has 5 rings (SSSR count). The third-order valence-corrected chi connectivity index (χ3v) is 7.66. The van der Waals surface area contributed by atoms with Crippen molar-refractivity contribution >= 4 is 40.7 Å². The monoisotopic (exact) mass is 573 g/mol. The van der Waals surface area contributed by atoms with Crippen molar-refractivity contribution in [2.45, 2.75) is 18.6 Å². The van der Waals surface area contributed by atoms with Crippen LogP contribution < -0.4 is 5.32 Å². The number of aryl methyl sites for hydroxylation is 1. The van der Waals surface area contributed by atoms with Gasteiger partial charge in [-0.25, -0.2) is 4.68 Å². The molecule has 1 aliphatic heterocycles. The Hall–Kier alpha value is -4.03. The van der Waals surface area contributed by atoms with Gasteiger partial charge in [0.15, 0.2) is 0 Å². The number of benzene rings is 2. The van der Waals surface area contributed by atoms with Crippen molar-refractivity contribution in [3.05, 3.63) is 92.3 Å². The molecule has 3 amide bonds. The third kappa shape index (κ3) is 5.17. The summed E-state index contributed by atoms with van der Waals surface area (Å²) in [5, 5.41) is 10.4. The topological polar surface area (TPSA) is 97.2 Å². The number of carbonyl (C=O) groups excluding carboxylic acids is 3. The van der Waals surface area contributed by atoms with Crippen LogP contribution in [0, 0.1) is 0 Å². The van der Waals surface area contributed by atoms with Crippen molar-refractivity contribution in [3.8, 4) is 11.3 Å². The lowest BCUT2D eigenvalue weighted by Gasteiger charge is -2.25. The van der Waals surface area contributed by atoms with E-state index in [0.29, 0.717) is 15.6 Å². The normalized spacial score (nSPS) is 14.0. The summed E-state index contributed by atoms with van der Waals surface area (Å²) < 4.78 is 42.9. The molecule has 4 aromatic rings. The van der Waals surface area contributed by atoms with Gasteiger partial charge in [-0.05, 0) is 36.2 Å². The van der Waals surface area contributed by atoms with Gasteiger partial charge in [0.1, 0.15) is 4.34 Å². The number of aromatic nitrogens is 3. The van der Waals surface area contributed by atoms with Gasteiger partial charge in [-0.2, -0.15) is 13.2 Å². The molecule has 200 valence electrons. The van der Waals surface area contributed by atoms with Crippen LogP contribution in [0.15, 0.2) is 60.8 Å². The van der Waals surface area contributed by atoms with Crippen LogP contribution in [0.4, 0.5) is 13.2 Å². The molecule has 1 aliphatic rings. The van der Waals surface area contributed by atoms with E-state index in [2.05, 4.69) is 15.6 Å². The maximum Gasteiger partial charge on any atom is 0.416 e. The Morgan fingerprint density at radius 2 is 1.69 bits per heavy atom. The van der Waals surface area contributed by atoms with Crippen LogP contribution in [0.1, 0.15) is 41.5 Å². The molecule has 13 heteroatoms. The maximum absolute atomic E-state index is 13.7. The maximum atomic E-state index is 13.7. The van der Waals surface area contributed by atoms with Crippen molar-refractivity contribution in [1.82, 2.24) is 25.2 Å². The summed E-state index contributed by atoms with van der Waals surface area (Å²) >= 11 is 7.34. The van der Waals surface area contributed by atoms with Crippen molar-refractivity contribution in [1.29, 1.82) is 0 Å². The average molecular weight is 574 g/mol. The van der Waals surface area contributed by atoms with Gasteiger partial charge in [-0.15, -0.1) is 16.4 Å². The lowest BCUT2D eigenvalue weighted by Crippen LogP contribution is -2.47. The molecule has 2 aromatic carbocycles. The smallest absolute Gasteiger partial charge is 0.346 e. The number of nitrogens with one attached hydrogen (secondary N) is 1. The second-order valence-electron chi connectivity index (χ2n) is 8.84. The van der Waals surface area contributed by atoms with Gasteiger partial charge >= 0.3 is 6.18 Å². The van der Waals surface area contributed by atoms with Crippen molar-refractivity contribution < 1.29 is 27.6 Å². The van der Waals surface area contributed by atoms with Gasteiger partial charge in [-0.3, -0.25) is 19.3 Å². The highest BCUT2D eigenvalue weighted by molar-refractivity contribution is 7.18. The zero-order valence-electron chi connectivity index (χ0n) is 20.2. The molecular formula is C26H19ClF3N5O3S. The molecule has 0 radical (unpaired) electrons. The van der Waals surface area contributed by atoms with E-state index >= 15 is 0 Å². The van der Waals surface area contributed by atoms with Crippen LogP contribution in [0.5, 0.6) is 0 Å². The summed E-state index contributed by atoms with van der Waals surface area (Å²) in [6.45, 7) is -0.331. The predicted molar refractivity (Wildman–Crippen MR) is 138 cm³/mol. The van der Waals surface area contributed by atoms with Crippen LogP contribution in [0.25, 0.3) is 11.3 Å². The Morgan fingerprint density at radius 1 is 1.05 bits per heavy atom. The molecule has 1 N–H and O–H groups in total. The van der Waals surface area contributed by atoms with Crippen molar-refractivity contribution in [2.24, 2.45) is 7.05 Å². The van der Waals surface area contributed by atoms with Gasteiger partial charge < -0.3 is 5.32 Å². The molecule has 0 fully saturated rings. The first kappa shape index (κ1) is 26.6. The Kier molecular flexibility index (Phi) is 7.00. The number of rotatable bonds is 7. The quantitative estimate of drug-likeness (QED) is 0.319. The SMILES string of the molecule is Cn1nncc1-c1cc(C(=O)N[C@@H](Cc2ccccc2C(F)(F)F)CN2C(=O)c3ccccc3C2=O)sc1Cl. The summed E-state index contributed by atoms with van der Waals surface area (Å²) in [4.78, 5) is 40.4. The minimum atomic E-state index is -4.63. The first-order chi connectivity index (χ1) is 18.5. The minimum Gasteiger partial charge on any atom is -0.346 e. The molecule has 0 saturated heterocycles. The van der Waals surface area contributed by atoms with Crippen molar-refractivity contribution in [3.63, 3.8) is 0 Å². The second-order valence-corrected chi connectivity index (χ2v) is 10.5. The van der Waals surface area contributed by atoms with E-state index in [0.717, 1.165) is 22.3 Å². The fourth-order valence-corrected chi connectivity index (χ4v) is 5.67. The van der Waals surface area contributed by atoms with Crippen molar-refractivity contribution in [2.75, 3.05) is 6.54 Å². The second kappa shape index (κ2) is 10.3. The Morgan fingerprint density at radius 3 is 2.31 bits per heavy atom. The average Bonchev–Trinajstić information content (AvgIpc) is 3.56. The highest BCUT2D eigenvalue weighted by Crippen LogP contribution is 2.36. The molecular weight excluding hydrogens is 555 g/mol. The Labute approximate surface area is 229 Å². The minimum absolute atomic E-state index is 0.0854. The van der Waals surface area contributed by atoms with Gasteiger partial charge in [0, 0.05) is 19.2 Å². The summed E-state index contributed by atoms with van der Waals surface area (Å²) in [5.41, 5.74) is 0.524. The number of nitrogens with zero attached hydrogens (tertiary/aromatic N) is 4. The van der Waals surface area contributed by atoms with E-state index in [1.54, 1.807) is 19.2 Å². The standard InChI is InChI=1S/C26H19ClF3N5O3S/c1-34-20(12-31-33-34)18-11-21(39-22(18)27)23(36)32-15(10-14-6-2-5-9-19(14)26(28,29)30)13-35-24(37)16-7-3-4-8-17(16)25(35)38/h2-9,11-12,15H,10,13H2,1H3,(H,32,36)/t15-/m0/s1. The highest BCUT2D eigenvalue weighted by Gasteiger charge is 2.38. The van der Waals surface area contributed by atoms with Crippen LogP contribution in [0.2, 0.25) is 4.34 Å². The number of thiophene rings is 1.